The molecule has 0 bridgehead atoms. The van der Waals surface area contributed by atoms with Crippen molar-refractivity contribution in [2.45, 2.75) is 13.8 Å². The third-order valence-corrected chi connectivity index (χ3v) is 1.62. The van der Waals surface area contributed by atoms with Crippen molar-refractivity contribution in [2.24, 2.45) is 0 Å². The highest BCUT2D eigenvalue weighted by Crippen LogP contribution is 2.05. The van der Waals surface area contributed by atoms with Crippen molar-refractivity contribution in [1.82, 2.24) is 14.8 Å². The van der Waals surface area contributed by atoms with E-state index in [1.54, 1.807) is 17.0 Å². The third-order valence-electron chi connectivity index (χ3n) is 1.62. The first kappa shape index (κ1) is 9.45. The monoisotopic (exact) mass is 175 g/mol. The van der Waals surface area contributed by atoms with Crippen LogP contribution in [0.2, 0.25) is 0 Å². The number of rotatable bonds is 3. The quantitative estimate of drug-likeness (QED) is 0.660. The summed E-state index contributed by atoms with van der Waals surface area (Å²) >= 11 is 0. The van der Waals surface area contributed by atoms with E-state index >= 15 is 0 Å². The fraction of sp³-hybridized carbons (Fsp3) is 0.200. The normalized spacial score (nSPS) is 11.4. The van der Waals surface area contributed by atoms with E-state index in [1.807, 2.05) is 19.9 Å². The van der Waals surface area contributed by atoms with Crippen molar-refractivity contribution in [2.75, 3.05) is 0 Å². The van der Waals surface area contributed by atoms with Crippen molar-refractivity contribution < 1.29 is 0 Å². The van der Waals surface area contributed by atoms with Gasteiger partial charge in [0, 0.05) is 6.20 Å². The maximum Gasteiger partial charge on any atom is 0.155 e. The Morgan fingerprint density at radius 1 is 1.46 bits per heavy atom. The molecule has 1 heterocycles. The van der Waals surface area contributed by atoms with Gasteiger partial charge < -0.3 is 0 Å². The van der Waals surface area contributed by atoms with Crippen molar-refractivity contribution in [3.8, 4) is 0 Å². The Morgan fingerprint density at radius 3 is 2.69 bits per heavy atom. The lowest BCUT2D eigenvalue weighted by Crippen LogP contribution is -1.91. The molecule has 0 aromatic carbocycles. The van der Waals surface area contributed by atoms with Crippen molar-refractivity contribution >= 4 is 12.3 Å². The van der Waals surface area contributed by atoms with E-state index < -0.39 is 0 Å². The Labute approximate surface area is 78.1 Å². The minimum absolute atomic E-state index is 0.739. The van der Waals surface area contributed by atoms with Crippen LogP contribution in [-0.4, -0.2) is 14.8 Å². The lowest BCUT2D eigenvalue weighted by Gasteiger charge is -1.93. The van der Waals surface area contributed by atoms with Gasteiger partial charge in [0.05, 0.1) is 0 Å². The number of nitrogens with zero attached hydrogens (tertiary/aromatic N) is 3. The zero-order valence-corrected chi connectivity index (χ0v) is 7.99. The summed E-state index contributed by atoms with van der Waals surface area (Å²) in [4.78, 5) is 4.23. The lowest BCUT2D eigenvalue weighted by atomic mass is 10.3. The summed E-state index contributed by atoms with van der Waals surface area (Å²) in [5.74, 6) is 1.52. The first-order valence-electron chi connectivity index (χ1n) is 4.04. The molecule has 1 aromatic heterocycles. The Bertz CT molecular complexity index is 358. The zero-order chi connectivity index (χ0) is 9.84. The summed E-state index contributed by atoms with van der Waals surface area (Å²) in [6.45, 7) is 11.1. The van der Waals surface area contributed by atoms with Crippen molar-refractivity contribution in [3.63, 3.8) is 0 Å². The average molecular weight is 175 g/mol. The van der Waals surface area contributed by atoms with E-state index in [2.05, 4.69) is 23.2 Å². The number of hydrogen-bond acceptors (Lipinski definition) is 2. The SMILES string of the molecule is C=C/C(C)=C\c1nc(C)nn1C=C. The molecule has 68 valence electrons. The summed E-state index contributed by atoms with van der Waals surface area (Å²) in [6, 6.07) is 0. The summed E-state index contributed by atoms with van der Waals surface area (Å²) in [5.41, 5.74) is 1.05. The molecule has 0 atom stereocenters. The molecule has 0 aliphatic rings. The number of aryl methyl sites for hydroxylation is 1. The third kappa shape index (κ3) is 2.15. The second kappa shape index (κ2) is 3.85. The van der Waals surface area contributed by atoms with Crippen molar-refractivity contribution in [1.29, 1.82) is 0 Å². The fourth-order valence-electron chi connectivity index (χ4n) is 0.942. The van der Waals surface area contributed by atoms with E-state index in [1.165, 1.54) is 0 Å². The topological polar surface area (TPSA) is 30.7 Å². The van der Waals surface area contributed by atoms with E-state index in [9.17, 15) is 0 Å². The van der Waals surface area contributed by atoms with E-state index in [0.717, 1.165) is 17.2 Å². The van der Waals surface area contributed by atoms with Crippen LogP contribution in [0.1, 0.15) is 18.6 Å². The molecule has 0 aliphatic heterocycles. The molecule has 0 aliphatic carbocycles. The van der Waals surface area contributed by atoms with Crippen LogP contribution in [0.3, 0.4) is 0 Å². The average Bonchev–Trinajstić information content (AvgIpc) is 2.46. The minimum atomic E-state index is 0.739. The summed E-state index contributed by atoms with van der Waals surface area (Å²) in [7, 11) is 0. The van der Waals surface area contributed by atoms with Gasteiger partial charge in [-0.3, -0.25) is 0 Å². The molecular formula is C10H13N3. The number of aromatic nitrogens is 3. The second-order valence-electron chi connectivity index (χ2n) is 2.74. The predicted octanol–water partition coefficient (Wildman–Crippen LogP) is 2.28. The predicted molar refractivity (Wildman–Crippen MR) is 55.0 cm³/mol. The maximum atomic E-state index is 4.23. The van der Waals surface area contributed by atoms with Crippen LogP contribution in [0.4, 0.5) is 0 Å². The van der Waals surface area contributed by atoms with Gasteiger partial charge in [-0.15, -0.1) is 0 Å². The highest BCUT2D eigenvalue weighted by Gasteiger charge is 2.00. The smallest absolute Gasteiger partial charge is 0.155 e. The van der Waals surface area contributed by atoms with Crippen LogP contribution in [0.25, 0.3) is 12.3 Å². The standard InChI is InChI=1S/C10H13N3/c1-5-8(3)7-10-11-9(4)12-13(10)6-2/h5-7H,1-2H2,3-4H3/b8-7-. The largest absolute Gasteiger partial charge is 0.221 e. The molecule has 0 radical (unpaired) electrons. The Morgan fingerprint density at radius 2 is 2.15 bits per heavy atom. The first-order valence-corrected chi connectivity index (χ1v) is 4.04. The molecule has 1 aromatic rings. The summed E-state index contributed by atoms with van der Waals surface area (Å²) in [6.07, 6.45) is 5.31. The first-order chi connectivity index (χ1) is 6.17. The number of hydrogen-bond donors (Lipinski definition) is 0. The summed E-state index contributed by atoms with van der Waals surface area (Å²) in [5, 5.41) is 4.13. The summed E-state index contributed by atoms with van der Waals surface area (Å²) < 4.78 is 1.64. The fourth-order valence-corrected chi connectivity index (χ4v) is 0.942. The van der Waals surface area contributed by atoms with Crippen LogP contribution in [0.5, 0.6) is 0 Å². The Balaban J connectivity index is 3.13. The van der Waals surface area contributed by atoms with Gasteiger partial charge in [0.15, 0.2) is 5.82 Å². The van der Waals surface area contributed by atoms with Gasteiger partial charge in [-0.25, -0.2) is 9.67 Å². The van der Waals surface area contributed by atoms with E-state index in [4.69, 9.17) is 0 Å². The minimum Gasteiger partial charge on any atom is -0.221 e. The highest BCUT2D eigenvalue weighted by molar-refractivity contribution is 5.50. The molecule has 1 rings (SSSR count). The molecule has 3 heteroatoms. The van der Waals surface area contributed by atoms with Gasteiger partial charge in [0.2, 0.25) is 0 Å². The molecule has 13 heavy (non-hydrogen) atoms. The van der Waals surface area contributed by atoms with Gasteiger partial charge in [-0.05, 0) is 25.5 Å². The molecule has 0 saturated carbocycles. The van der Waals surface area contributed by atoms with Gasteiger partial charge in [-0.1, -0.05) is 19.2 Å². The zero-order valence-electron chi connectivity index (χ0n) is 7.99. The number of allylic oxidation sites excluding steroid dienone is 2. The lowest BCUT2D eigenvalue weighted by molar-refractivity contribution is 0.904. The van der Waals surface area contributed by atoms with Crippen LogP contribution in [-0.2, 0) is 0 Å². The second-order valence-corrected chi connectivity index (χ2v) is 2.74. The molecular weight excluding hydrogens is 162 g/mol. The Kier molecular flexibility index (Phi) is 2.80. The van der Waals surface area contributed by atoms with Gasteiger partial charge in [-0.2, -0.15) is 5.10 Å². The highest BCUT2D eigenvalue weighted by atomic mass is 15.3. The molecule has 0 saturated heterocycles. The van der Waals surface area contributed by atoms with Crippen molar-refractivity contribution in [3.05, 3.63) is 36.5 Å². The van der Waals surface area contributed by atoms with E-state index in [0.29, 0.717) is 0 Å². The van der Waals surface area contributed by atoms with Crippen LogP contribution < -0.4 is 0 Å². The Hall–Kier alpha value is -1.64. The van der Waals surface area contributed by atoms with Crippen LogP contribution in [0.15, 0.2) is 24.8 Å². The van der Waals surface area contributed by atoms with Gasteiger partial charge in [0.1, 0.15) is 5.82 Å². The molecule has 0 N–H and O–H groups in total. The molecule has 0 unspecified atom stereocenters. The molecule has 0 fully saturated rings. The molecule has 0 spiro atoms. The molecule has 3 nitrogen and oxygen atoms in total. The van der Waals surface area contributed by atoms with Crippen LogP contribution in [0, 0.1) is 6.92 Å². The van der Waals surface area contributed by atoms with Crippen LogP contribution >= 0.6 is 0 Å². The van der Waals surface area contributed by atoms with E-state index in [-0.39, 0.29) is 0 Å². The van der Waals surface area contributed by atoms with Gasteiger partial charge >= 0.3 is 0 Å². The molecule has 0 amide bonds. The van der Waals surface area contributed by atoms with Gasteiger partial charge in [0.25, 0.3) is 0 Å². The maximum absolute atomic E-state index is 4.23.